The third kappa shape index (κ3) is 4.98. The van der Waals surface area contributed by atoms with Crippen LogP contribution in [0.4, 0.5) is 10.5 Å². The molecule has 34 heavy (non-hydrogen) atoms. The Bertz CT molecular complexity index is 1060. The number of ketones is 1. The van der Waals surface area contributed by atoms with Crippen molar-refractivity contribution in [2.45, 2.75) is 77.7 Å². The third-order valence-corrected chi connectivity index (χ3v) is 7.64. The van der Waals surface area contributed by atoms with Crippen molar-refractivity contribution in [3.63, 3.8) is 0 Å². The Labute approximate surface area is 203 Å². The quantitative estimate of drug-likeness (QED) is 0.392. The van der Waals surface area contributed by atoms with E-state index in [1.165, 1.54) is 12.8 Å². The lowest BCUT2D eigenvalue weighted by molar-refractivity contribution is -0.340. The number of allylic oxidation sites excluding steroid dienone is 4. The molecule has 180 valence electrons. The minimum atomic E-state index is -0.916. The number of aliphatic imine (C=N–C) groups is 1. The lowest BCUT2D eigenvalue weighted by Gasteiger charge is -2.29. The summed E-state index contributed by atoms with van der Waals surface area (Å²) in [6.07, 6.45) is 17.8. The first-order valence-corrected chi connectivity index (χ1v) is 12.8. The summed E-state index contributed by atoms with van der Waals surface area (Å²) >= 11 is 0. The fourth-order valence-corrected chi connectivity index (χ4v) is 5.55. The van der Waals surface area contributed by atoms with Gasteiger partial charge >= 0.3 is 6.03 Å². The highest BCUT2D eigenvalue weighted by molar-refractivity contribution is 6.16. The number of fused-ring (bicyclic) bond motifs is 1. The number of nitrogens with zero attached hydrogens (tertiary/aromatic N) is 2. The Morgan fingerprint density at radius 2 is 1.91 bits per heavy atom. The molecule has 5 heteroatoms. The van der Waals surface area contributed by atoms with Crippen LogP contribution in [0.25, 0.3) is 0 Å². The molecule has 1 aliphatic heterocycles. The summed E-state index contributed by atoms with van der Waals surface area (Å²) in [5.41, 5.74) is 1.28. The number of hydrogen-bond donors (Lipinski definition) is 1. The summed E-state index contributed by atoms with van der Waals surface area (Å²) in [7, 11) is 0. The summed E-state index contributed by atoms with van der Waals surface area (Å²) < 4.78 is 1.75. The van der Waals surface area contributed by atoms with E-state index in [0.29, 0.717) is 18.2 Å². The van der Waals surface area contributed by atoms with Crippen LogP contribution in [0.5, 0.6) is 0 Å². The number of hydrogen-bond acceptors (Lipinski definition) is 3. The summed E-state index contributed by atoms with van der Waals surface area (Å²) in [5.74, 6) is 0.678. The van der Waals surface area contributed by atoms with Gasteiger partial charge in [-0.05, 0) is 69.6 Å². The molecule has 0 spiro atoms. The van der Waals surface area contributed by atoms with Crippen LogP contribution in [0, 0.1) is 11.3 Å². The van der Waals surface area contributed by atoms with E-state index < -0.39 is 5.41 Å². The lowest BCUT2D eigenvalue weighted by Crippen LogP contribution is -2.52. The highest BCUT2D eigenvalue weighted by Crippen LogP contribution is 2.36. The zero-order valence-corrected chi connectivity index (χ0v) is 20.8. The second kappa shape index (κ2) is 10.2. The molecule has 5 nitrogen and oxygen atoms in total. The summed E-state index contributed by atoms with van der Waals surface area (Å²) in [4.78, 5) is 31.8. The first-order chi connectivity index (χ1) is 16.3. The van der Waals surface area contributed by atoms with Crippen molar-refractivity contribution < 1.29 is 14.2 Å². The van der Waals surface area contributed by atoms with Gasteiger partial charge in [-0.3, -0.25) is 9.79 Å². The van der Waals surface area contributed by atoms with Crippen LogP contribution in [0.15, 0.2) is 53.6 Å². The molecular formula is C29H38N3O2+. The minimum absolute atomic E-state index is 0.0263. The molecule has 1 heterocycles. The highest BCUT2D eigenvalue weighted by Gasteiger charge is 2.46. The largest absolute Gasteiger partial charge is 0.496 e. The van der Waals surface area contributed by atoms with Crippen LogP contribution in [-0.2, 0) is 4.79 Å². The Morgan fingerprint density at radius 1 is 1.15 bits per heavy atom. The fourth-order valence-electron chi connectivity index (χ4n) is 5.55. The molecule has 1 fully saturated rings. The second-order valence-electron chi connectivity index (χ2n) is 10.7. The van der Waals surface area contributed by atoms with E-state index in [1.54, 1.807) is 16.7 Å². The van der Waals surface area contributed by atoms with E-state index in [-0.39, 0.29) is 17.4 Å². The van der Waals surface area contributed by atoms with Crippen LogP contribution in [0.1, 0.15) is 77.7 Å². The Morgan fingerprint density at radius 3 is 2.65 bits per heavy atom. The van der Waals surface area contributed by atoms with E-state index in [9.17, 15) is 9.59 Å². The number of unbranched alkanes of at least 4 members (excludes halogenated alkanes) is 1. The number of carbonyl (C=O) groups is 2. The maximum absolute atomic E-state index is 14.1. The van der Waals surface area contributed by atoms with Crippen LogP contribution in [-0.4, -0.2) is 40.4 Å². The first kappa shape index (κ1) is 24.3. The molecule has 1 aromatic carbocycles. The van der Waals surface area contributed by atoms with E-state index in [1.807, 2.05) is 49.6 Å². The molecule has 0 unspecified atom stereocenters. The van der Waals surface area contributed by atoms with Gasteiger partial charge in [0, 0.05) is 11.8 Å². The standard InChI is InChI=1S/C29H37N3O2/c1-22(2)12-6-9-17-29(18-10-11-19-29)31-27(34)32-24-14-5-4-13-23(24)20-30-21-25(32)28(3)16-8-7-15-26(28)33/h4-5,7-8,13-16,20,22H,6,9-12,17-19,21H2,1-3H3/p+1/t28-/m0/s1. The molecule has 0 bridgehead atoms. The number of benzene rings is 1. The maximum Gasteiger partial charge on any atom is 0.496 e. The molecule has 1 aromatic rings. The lowest BCUT2D eigenvalue weighted by atomic mass is 9.77. The van der Waals surface area contributed by atoms with Gasteiger partial charge in [0.1, 0.15) is 22.4 Å². The number of amides is 2. The van der Waals surface area contributed by atoms with Gasteiger partial charge in [0.15, 0.2) is 5.78 Å². The Hall–Kier alpha value is -2.82. The van der Waals surface area contributed by atoms with Crippen molar-refractivity contribution in [2.24, 2.45) is 16.3 Å². The monoisotopic (exact) mass is 460 g/mol. The highest BCUT2D eigenvalue weighted by atomic mass is 16.2. The molecular weight excluding hydrogens is 422 g/mol. The Kier molecular flexibility index (Phi) is 7.30. The average molecular weight is 461 g/mol. The van der Waals surface area contributed by atoms with Gasteiger partial charge in [-0.1, -0.05) is 57.0 Å². The minimum Gasteiger partial charge on any atom is -0.293 e. The van der Waals surface area contributed by atoms with Crippen molar-refractivity contribution >= 4 is 29.4 Å². The van der Waals surface area contributed by atoms with Crippen LogP contribution < -0.4 is 5.32 Å². The number of carbonyl (C=O) groups excluding carboxylic acids is 2. The van der Waals surface area contributed by atoms with E-state index in [4.69, 9.17) is 0 Å². The number of urea groups is 1. The molecule has 2 amide bonds. The predicted molar refractivity (Wildman–Crippen MR) is 138 cm³/mol. The Balaban J connectivity index is 1.71. The van der Waals surface area contributed by atoms with Crippen molar-refractivity contribution in [3.05, 3.63) is 54.1 Å². The molecule has 1 atom stereocenters. The van der Waals surface area contributed by atoms with E-state index in [2.05, 4.69) is 24.2 Å². The van der Waals surface area contributed by atoms with E-state index in [0.717, 1.165) is 49.8 Å². The molecule has 2 aliphatic carbocycles. The maximum atomic E-state index is 14.1. The predicted octanol–water partition coefficient (Wildman–Crippen LogP) is 6.14. The second-order valence-corrected chi connectivity index (χ2v) is 10.7. The van der Waals surface area contributed by atoms with Crippen molar-refractivity contribution in [1.82, 2.24) is 5.32 Å². The van der Waals surface area contributed by atoms with Gasteiger partial charge in [-0.2, -0.15) is 9.37 Å². The van der Waals surface area contributed by atoms with Crippen molar-refractivity contribution in [3.8, 4) is 0 Å². The zero-order valence-electron chi connectivity index (χ0n) is 20.8. The first-order valence-electron chi connectivity index (χ1n) is 12.8. The summed E-state index contributed by atoms with van der Waals surface area (Å²) in [6, 6.07) is 7.67. The molecule has 0 saturated heterocycles. The average Bonchev–Trinajstić information content (AvgIpc) is 3.17. The molecule has 4 rings (SSSR count). The number of rotatable bonds is 7. The molecule has 0 radical (unpaired) electrons. The van der Waals surface area contributed by atoms with E-state index >= 15 is 0 Å². The van der Waals surface area contributed by atoms with Gasteiger partial charge in [0.25, 0.3) is 0 Å². The van der Waals surface area contributed by atoms with Crippen molar-refractivity contribution in [2.75, 3.05) is 6.54 Å². The van der Waals surface area contributed by atoms with Crippen LogP contribution in [0.2, 0.25) is 0 Å². The number of para-hydroxylation sites is 1. The summed E-state index contributed by atoms with van der Waals surface area (Å²) in [6.45, 7) is 6.72. The summed E-state index contributed by atoms with van der Waals surface area (Å²) in [5, 5.41) is 3.48. The molecule has 0 aromatic heterocycles. The molecule has 1 N–H and O–H groups in total. The fraction of sp³-hybridized carbons (Fsp3) is 0.517. The zero-order chi connectivity index (χ0) is 24.2. The van der Waals surface area contributed by atoms with Gasteiger partial charge < -0.3 is 0 Å². The number of nitrogens with one attached hydrogen (secondary N) is 1. The normalized spacial score (nSPS) is 23.4. The van der Waals surface area contributed by atoms with Gasteiger partial charge in [-0.25, -0.2) is 5.32 Å². The van der Waals surface area contributed by atoms with Gasteiger partial charge in [-0.15, -0.1) is 0 Å². The van der Waals surface area contributed by atoms with Crippen molar-refractivity contribution in [1.29, 1.82) is 0 Å². The van der Waals surface area contributed by atoms with Gasteiger partial charge in [0.2, 0.25) is 0 Å². The van der Waals surface area contributed by atoms with Crippen LogP contribution in [0.3, 0.4) is 0 Å². The molecule has 3 aliphatic rings. The SMILES string of the molecule is CC(C)CCCCC1(NC(=O)[N+]2=C([C@]3(C)C=CC=CC3=O)CN=Cc3ccccc32)CCCC1. The van der Waals surface area contributed by atoms with Gasteiger partial charge in [0.05, 0.1) is 6.54 Å². The smallest absolute Gasteiger partial charge is 0.293 e. The third-order valence-electron chi connectivity index (χ3n) is 7.64. The van der Waals surface area contributed by atoms with Crippen LogP contribution >= 0.6 is 0 Å². The topological polar surface area (TPSA) is 61.5 Å². The molecule has 1 saturated carbocycles.